The van der Waals surface area contributed by atoms with Gasteiger partial charge in [-0.25, -0.2) is 13.4 Å². The Morgan fingerprint density at radius 1 is 1.67 bits per heavy atom. The number of sulfone groups is 1. The molecule has 1 unspecified atom stereocenters. The Hall–Kier alpha value is -1.15. The van der Waals surface area contributed by atoms with Gasteiger partial charge in [-0.15, -0.1) is 11.3 Å². The van der Waals surface area contributed by atoms with Gasteiger partial charge in [-0.2, -0.15) is 0 Å². The molecule has 1 aromatic heterocycles. The minimum absolute atomic E-state index is 0.0478. The van der Waals surface area contributed by atoms with Gasteiger partial charge in [0.2, 0.25) is 0 Å². The van der Waals surface area contributed by atoms with Crippen molar-refractivity contribution < 1.29 is 13.2 Å². The van der Waals surface area contributed by atoms with Crippen LogP contribution in [0.4, 0.5) is 5.13 Å². The summed E-state index contributed by atoms with van der Waals surface area (Å²) in [5.41, 5.74) is 5.79. The van der Waals surface area contributed by atoms with E-state index in [9.17, 15) is 13.2 Å². The van der Waals surface area contributed by atoms with Crippen molar-refractivity contribution in [3.63, 3.8) is 0 Å². The van der Waals surface area contributed by atoms with Gasteiger partial charge >= 0.3 is 0 Å². The zero-order valence-corrected chi connectivity index (χ0v) is 11.6. The van der Waals surface area contributed by atoms with Crippen LogP contribution in [0.15, 0.2) is 5.38 Å². The number of hydrogen-bond acceptors (Lipinski definition) is 6. The van der Waals surface area contributed by atoms with E-state index in [4.69, 9.17) is 5.73 Å². The maximum atomic E-state index is 12.2. The molecule has 6 nitrogen and oxygen atoms in total. The molecular weight excluding hydrogens is 274 g/mol. The van der Waals surface area contributed by atoms with Crippen LogP contribution in [0, 0.1) is 0 Å². The third-order valence-corrected chi connectivity index (χ3v) is 5.42. The van der Waals surface area contributed by atoms with E-state index >= 15 is 0 Å². The number of nitrogen functional groups attached to an aromatic ring is 1. The van der Waals surface area contributed by atoms with E-state index in [0.717, 1.165) is 0 Å². The fourth-order valence-corrected chi connectivity index (χ4v) is 4.39. The van der Waals surface area contributed by atoms with Gasteiger partial charge in [0.05, 0.1) is 11.5 Å². The highest BCUT2D eigenvalue weighted by Gasteiger charge is 2.34. The number of amides is 1. The molecule has 0 aromatic carbocycles. The van der Waals surface area contributed by atoms with Crippen LogP contribution in [0.3, 0.4) is 0 Å². The zero-order valence-electron chi connectivity index (χ0n) is 10.00. The summed E-state index contributed by atoms with van der Waals surface area (Å²) in [6, 6.07) is -0.240. The molecule has 18 heavy (non-hydrogen) atoms. The summed E-state index contributed by atoms with van der Waals surface area (Å²) in [7, 11) is -3.00. The molecule has 1 saturated heterocycles. The molecule has 0 bridgehead atoms. The molecule has 1 aliphatic heterocycles. The van der Waals surface area contributed by atoms with Gasteiger partial charge in [0.1, 0.15) is 5.69 Å². The van der Waals surface area contributed by atoms with E-state index < -0.39 is 9.84 Å². The van der Waals surface area contributed by atoms with Crippen LogP contribution in [-0.2, 0) is 9.84 Å². The van der Waals surface area contributed by atoms with Crippen molar-refractivity contribution in [2.45, 2.75) is 19.4 Å². The lowest BCUT2D eigenvalue weighted by atomic mass is 10.2. The first-order valence-electron chi connectivity index (χ1n) is 5.65. The average molecular weight is 289 g/mol. The van der Waals surface area contributed by atoms with Crippen molar-refractivity contribution in [3.05, 3.63) is 11.1 Å². The number of aromatic nitrogens is 1. The van der Waals surface area contributed by atoms with E-state index in [1.54, 1.807) is 10.3 Å². The Bertz CT molecular complexity index is 552. The van der Waals surface area contributed by atoms with E-state index in [1.165, 1.54) is 11.3 Å². The molecule has 0 saturated carbocycles. The molecule has 1 fully saturated rings. The lowest BCUT2D eigenvalue weighted by Gasteiger charge is -2.25. The highest BCUT2D eigenvalue weighted by Crippen LogP contribution is 2.21. The van der Waals surface area contributed by atoms with Gasteiger partial charge in [-0.1, -0.05) is 0 Å². The van der Waals surface area contributed by atoms with Gasteiger partial charge in [0.25, 0.3) is 5.91 Å². The maximum absolute atomic E-state index is 12.2. The monoisotopic (exact) mass is 289 g/mol. The normalized spacial score (nSPS) is 21.9. The summed E-state index contributed by atoms with van der Waals surface area (Å²) >= 11 is 1.20. The van der Waals surface area contributed by atoms with E-state index in [1.807, 2.05) is 6.92 Å². The van der Waals surface area contributed by atoms with Crippen molar-refractivity contribution in [3.8, 4) is 0 Å². The van der Waals surface area contributed by atoms with Crippen LogP contribution >= 0.6 is 11.3 Å². The number of carbonyl (C=O) groups excluding carboxylic acids is 1. The van der Waals surface area contributed by atoms with Gasteiger partial charge in [-0.05, 0) is 13.3 Å². The number of thiazole rings is 1. The lowest BCUT2D eigenvalue weighted by Crippen LogP contribution is -2.41. The SMILES string of the molecule is CCN(C(=O)c1csc(N)n1)C1CCS(=O)(=O)C1. The second-order valence-electron chi connectivity index (χ2n) is 4.22. The largest absolute Gasteiger partial charge is 0.375 e. The molecule has 0 aliphatic carbocycles. The summed E-state index contributed by atoms with van der Waals surface area (Å²) in [5.74, 6) is -0.0418. The van der Waals surface area contributed by atoms with Crippen LogP contribution in [-0.4, -0.2) is 48.3 Å². The minimum Gasteiger partial charge on any atom is -0.375 e. The van der Waals surface area contributed by atoms with Crippen molar-refractivity contribution in [2.24, 2.45) is 0 Å². The molecule has 1 amide bonds. The van der Waals surface area contributed by atoms with Crippen molar-refractivity contribution >= 4 is 32.2 Å². The summed E-state index contributed by atoms with van der Waals surface area (Å²) in [5, 5.41) is 1.94. The number of nitrogens with two attached hydrogens (primary N) is 1. The number of carbonyl (C=O) groups is 1. The van der Waals surface area contributed by atoms with Crippen LogP contribution in [0.5, 0.6) is 0 Å². The quantitative estimate of drug-likeness (QED) is 0.868. The highest BCUT2D eigenvalue weighted by molar-refractivity contribution is 7.91. The van der Waals surface area contributed by atoms with E-state index in [0.29, 0.717) is 23.8 Å². The van der Waals surface area contributed by atoms with Crippen LogP contribution in [0.1, 0.15) is 23.8 Å². The fraction of sp³-hybridized carbons (Fsp3) is 0.600. The molecule has 2 heterocycles. The number of rotatable bonds is 3. The molecular formula is C10H15N3O3S2. The number of anilines is 1. The van der Waals surface area contributed by atoms with Gasteiger partial charge < -0.3 is 10.6 Å². The smallest absolute Gasteiger partial charge is 0.273 e. The number of hydrogen-bond donors (Lipinski definition) is 1. The molecule has 100 valence electrons. The predicted octanol–water partition coefficient (Wildman–Crippen LogP) is 0.375. The highest BCUT2D eigenvalue weighted by atomic mass is 32.2. The van der Waals surface area contributed by atoms with E-state index in [2.05, 4.69) is 4.98 Å². The van der Waals surface area contributed by atoms with Gasteiger partial charge in [0, 0.05) is 18.0 Å². The van der Waals surface area contributed by atoms with Crippen molar-refractivity contribution in [1.29, 1.82) is 0 Å². The fourth-order valence-electron chi connectivity index (χ4n) is 2.12. The molecule has 0 radical (unpaired) electrons. The van der Waals surface area contributed by atoms with Crippen molar-refractivity contribution in [1.82, 2.24) is 9.88 Å². The predicted molar refractivity (Wildman–Crippen MR) is 70.3 cm³/mol. The first-order chi connectivity index (χ1) is 8.43. The first-order valence-corrected chi connectivity index (χ1v) is 8.35. The Morgan fingerprint density at radius 3 is 2.83 bits per heavy atom. The lowest BCUT2D eigenvalue weighted by molar-refractivity contribution is 0.0703. The molecule has 0 spiro atoms. The standard InChI is InChI=1S/C10H15N3O3S2/c1-2-13(7-3-4-18(15,16)6-7)9(14)8-5-17-10(11)12-8/h5,7H,2-4,6H2,1H3,(H2,11,12). The van der Waals surface area contributed by atoms with Crippen LogP contribution in [0.2, 0.25) is 0 Å². The molecule has 2 N–H and O–H groups in total. The minimum atomic E-state index is -3.00. The Labute approximate surface area is 110 Å². The second-order valence-corrected chi connectivity index (χ2v) is 7.34. The van der Waals surface area contributed by atoms with E-state index in [-0.39, 0.29) is 23.5 Å². The Kier molecular flexibility index (Phi) is 3.58. The molecule has 1 aliphatic rings. The Morgan fingerprint density at radius 2 is 2.39 bits per heavy atom. The molecule has 2 rings (SSSR count). The van der Waals surface area contributed by atoms with Gasteiger partial charge in [-0.3, -0.25) is 4.79 Å². The molecule has 1 aromatic rings. The molecule has 1 atom stereocenters. The number of nitrogens with zero attached hydrogens (tertiary/aromatic N) is 2. The van der Waals surface area contributed by atoms with Gasteiger partial charge in [0.15, 0.2) is 15.0 Å². The summed E-state index contributed by atoms with van der Waals surface area (Å²) in [6.07, 6.45) is 0.502. The summed E-state index contributed by atoms with van der Waals surface area (Å²) < 4.78 is 22.9. The topological polar surface area (TPSA) is 93.4 Å². The average Bonchev–Trinajstić information content (AvgIpc) is 2.86. The zero-order chi connectivity index (χ0) is 13.3. The third kappa shape index (κ3) is 2.64. The summed E-state index contributed by atoms with van der Waals surface area (Å²) in [6.45, 7) is 2.30. The first kappa shape index (κ1) is 13.3. The van der Waals surface area contributed by atoms with Crippen LogP contribution in [0.25, 0.3) is 0 Å². The summed E-state index contributed by atoms with van der Waals surface area (Å²) in [4.78, 5) is 17.7. The third-order valence-electron chi connectivity index (χ3n) is 2.99. The maximum Gasteiger partial charge on any atom is 0.273 e. The Balaban J connectivity index is 2.17. The van der Waals surface area contributed by atoms with Crippen LogP contribution < -0.4 is 5.73 Å². The molecule has 8 heteroatoms. The second kappa shape index (κ2) is 4.85. The van der Waals surface area contributed by atoms with Crippen molar-refractivity contribution in [2.75, 3.05) is 23.8 Å².